The van der Waals surface area contributed by atoms with E-state index in [0.29, 0.717) is 6.42 Å². The Labute approximate surface area is 148 Å². The second-order valence-corrected chi connectivity index (χ2v) is 6.43. The maximum atomic E-state index is 12.2. The summed E-state index contributed by atoms with van der Waals surface area (Å²) in [5, 5.41) is 5.77. The number of nitrogens with zero attached hydrogens (tertiary/aromatic N) is 1. The van der Waals surface area contributed by atoms with Crippen LogP contribution in [0.15, 0.2) is 48.5 Å². The van der Waals surface area contributed by atoms with Crippen molar-refractivity contribution in [1.82, 2.24) is 5.32 Å². The monoisotopic (exact) mass is 337 g/mol. The minimum Gasteiger partial charge on any atom is -0.331 e. The SMILES string of the molecule is Cc1ccc(NC(=O)NC(C)c2cccc(N3CCCC3=O)c2)cc1. The lowest BCUT2D eigenvalue weighted by molar-refractivity contribution is -0.117. The van der Waals surface area contributed by atoms with Gasteiger partial charge in [-0.2, -0.15) is 0 Å². The van der Waals surface area contributed by atoms with Crippen LogP contribution in [0.3, 0.4) is 0 Å². The lowest BCUT2D eigenvalue weighted by Crippen LogP contribution is -2.31. The zero-order valence-electron chi connectivity index (χ0n) is 14.6. The molecule has 2 aromatic rings. The third-order valence-electron chi connectivity index (χ3n) is 4.41. The van der Waals surface area contributed by atoms with E-state index in [1.54, 1.807) is 0 Å². The predicted molar refractivity (Wildman–Crippen MR) is 99.8 cm³/mol. The zero-order valence-corrected chi connectivity index (χ0v) is 14.6. The lowest BCUT2D eigenvalue weighted by atomic mass is 10.1. The van der Waals surface area contributed by atoms with Crippen LogP contribution in [0.5, 0.6) is 0 Å². The van der Waals surface area contributed by atoms with Gasteiger partial charge in [0.05, 0.1) is 6.04 Å². The van der Waals surface area contributed by atoms with E-state index in [1.165, 1.54) is 0 Å². The van der Waals surface area contributed by atoms with E-state index in [1.807, 2.05) is 67.3 Å². The van der Waals surface area contributed by atoms with Crippen molar-refractivity contribution in [1.29, 1.82) is 0 Å². The molecule has 1 saturated heterocycles. The quantitative estimate of drug-likeness (QED) is 0.886. The van der Waals surface area contributed by atoms with Crippen LogP contribution in [-0.2, 0) is 4.79 Å². The van der Waals surface area contributed by atoms with E-state index in [4.69, 9.17) is 0 Å². The molecule has 0 bridgehead atoms. The molecule has 1 unspecified atom stereocenters. The Kier molecular flexibility index (Phi) is 5.03. The topological polar surface area (TPSA) is 61.4 Å². The number of anilines is 2. The molecule has 0 aromatic heterocycles. The van der Waals surface area contributed by atoms with Gasteiger partial charge in [-0.25, -0.2) is 4.79 Å². The normalized spacial score (nSPS) is 15.1. The summed E-state index contributed by atoms with van der Waals surface area (Å²) in [5.74, 6) is 0.162. The second-order valence-electron chi connectivity index (χ2n) is 6.43. The third-order valence-corrected chi connectivity index (χ3v) is 4.41. The van der Waals surface area contributed by atoms with Crippen LogP contribution in [0.1, 0.15) is 36.9 Å². The molecule has 3 rings (SSSR count). The van der Waals surface area contributed by atoms with E-state index in [-0.39, 0.29) is 18.0 Å². The van der Waals surface area contributed by atoms with Crippen molar-refractivity contribution in [3.63, 3.8) is 0 Å². The number of urea groups is 1. The van der Waals surface area contributed by atoms with Crippen LogP contribution < -0.4 is 15.5 Å². The number of rotatable bonds is 4. The van der Waals surface area contributed by atoms with Crippen LogP contribution in [0.4, 0.5) is 16.2 Å². The molecule has 0 saturated carbocycles. The van der Waals surface area contributed by atoms with Gasteiger partial charge in [0.2, 0.25) is 5.91 Å². The van der Waals surface area contributed by atoms with Gasteiger partial charge in [-0.1, -0.05) is 29.8 Å². The molecule has 130 valence electrons. The minimum absolute atomic E-state index is 0.162. The number of benzene rings is 2. The molecule has 1 aliphatic heterocycles. The van der Waals surface area contributed by atoms with Crippen molar-refractivity contribution in [2.75, 3.05) is 16.8 Å². The van der Waals surface area contributed by atoms with Gasteiger partial charge in [0.15, 0.2) is 0 Å². The first-order valence-electron chi connectivity index (χ1n) is 8.57. The maximum Gasteiger partial charge on any atom is 0.319 e. The molecule has 0 aliphatic carbocycles. The Bertz CT molecular complexity index is 771. The van der Waals surface area contributed by atoms with Crippen molar-refractivity contribution < 1.29 is 9.59 Å². The van der Waals surface area contributed by atoms with Gasteiger partial charge in [0.25, 0.3) is 0 Å². The average Bonchev–Trinajstić information content (AvgIpc) is 3.03. The fourth-order valence-corrected chi connectivity index (χ4v) is 2.97. The van der Waals surface area contributed by atoms with Gasteiger partial charge in [-0.15, -0.1) is 0 Å². The first kappa shape index (κ1) is 17.0. The smallest absolute Gasteiger partial charge is 0.319 e. The van der Waals surface area contributed by atoms with E-state index in [2.05, 4.69) is 10.6 Å². The fraction of sp³-hybridized carbons (Fsp3) is 0.300. The highest BCUT2D eigenvalue weighted by Gasteiger charge is 2.22. The van der Waals surface area contributed by atoms with Gasteiger partial charge in [-0.05, 0) is 50.1 Å². The van der Waals surface area contributed by atoms with Gasteiger partial charge in [-0.3, -0.25) is 4.79 Å². The number of carbonyl (C=O) groups excluding carboxylic acids is 2. The molecule has 1 atom stereocenters. The van der Waals surface area contributed by atoms with E-state index in [0.717, 1.165) is 35.5 Å². The summed E-state index contributed by atoms with van der Waals surface area (Å²) < 4.78 is 0. The number of amides is 3. The largest absolute Gasteiger partial charge is 0.331 e. The summed E-state index contributed by atoms with van der Waals surface area (Å²) in [7, 11) is 0. The van der Waals surface area contributed by atoms with Crippen molar-refractivity contribution in [2.45, 2.75) is 32.7 Å². The van der Waals surface area contributed by atoms with Gasteiger partial charge in [0, 0.05) is 24.3 Å². The van der Waals surface area contributed by atoms with Gasteiger partial charge < -0.3 is 15.5 Å². The van der Waals surface area contributed by atoms with Crippen LogP contribution in [0.2, 0.25) is 0 Å². The molecule has 5 nitrogen and oxygen atoms in total. The predicted octanol–water partition coefficient (Wildman–Crippen LogP) is 4.00. The molecular formula is C20H23N3O2. The van der Waals surface area contributed by atoms with Crippen molar-refractivity contribution >= 4 is 23.3 Å². The minimum atomic E-state index is -0.251. The molecule has 1 aliphatic rings. The van der Waals surface area contributed by atoms with Crippen molar-refractivity contribution in [3.05, 3.63) is 59.7 Å². The highest BCUT2D eigenvalue weighted by Crippen LogP contribution is 2.24. The molecule has 0 spiro atoms. The first-order valence-corrected chi connectivity index (χ1v) is 8.57. The van der Waals surface area contributed by atoms with Crippen molar-refractivity contribution in [2.24, 2.45) is 0 Å². The molecule has 2 aromatic carbocycles. The fourth-order valence-electron chi connectivity index (χ4n) is 2.97. The summed E-state index contributed by atoms with van der Waals surface area (Å²) in [4.78, 5) is 25.9. The number of aryl methyl sites for hydroxylation is 1. The van der Waals surface area contributed by atoms with Crippen LogP contribution in [-0.4, -0.2) is 18.5 Å². The number of nitrogens with one attached hydrogen (secondary N) is 2. The molecule has 5 heteroatoms. The molecule has 1 fully saturated rings. The Morgan fingerprint density at radius 2 is 1.92 bits per heavy atom. The average molecular weight is 337 g/mol. The van der Waals surface area contributed by atoms with E-state index >= 15 is 0 Å². The Hall–Kier alpha value is -2.82. The summed E-state index contributed by atoms with van der Waals surface area (Å²) in [6, 6.07) is 15.0. The van der Waals surface area contributed by atoms with Crippen LogP contribution in [0.25, 0.3) is 0 Å². The van der Waals surface area contributed by atoms with Crippen LogP contribution in [0, 0.1) is 6.92 Å². The maximum absolute atomic E-state index is 12.2. The molecule has 1 heterocycles. The lowest BCUT2D eigenvalue weighted by Gasteiger charge is -2.19. The highest BCUT2D eigenvalue weighted by atomic mass is 16.2. The molecule has 3 amide bonds. The third kappa shape index (κ3) is 4.18. The number of hydrogen-bond donors (Lipinski definition) is 2. The molecule has 25 heavy (non-hydrogen) atoms. The van der Waals surface area contributed by atoms with Crippen molar-refractivity contribution in [3.8, 4) is 0 Å². The summed E-state index contributed by atoms with van der Waals surface area (Å²) >= 11 is 0. The summed E-state index contributed by atoms with van der Waals surface area (Å²) in [5.41, 5.74) is 3.77. The van der Waals surface area contributed by atoms with Gasteiger partial charge >= 0.3 is 6.03 Å². The van der Waals surface area contributed by atoms with E-state index in [9.17, 15) is 9.59 Å². The Morgan fingerprint density at radius 3 is 2.60 bits per heavy atom. The number of carbonyl (C=O) groups is 2. The van der Waals surface area contributed by atoms with Gasteiger partial charge in [0.1, 0.15) is 0 Å². The standard InChI is InChI=1S/C20H23N3O2/c1-14-8-10-17(11-9-14)22-20(25)21-15(2)16-5-3-6-18(13-16)23-12-4-7-19(23)24/h3,5-6,8-11,13,15H,4,7,12H2,1-2H3,(H2,21,22,25). The summed E-state index contributed by atoms with van der Waals surface area (Å²) in [6.45, 7) is 4.70. The Morgan fingerprint density at radius 1 is 1.16 bits per heavy atom. The molecular weight excluding hydrogens is 314 g/mol. The second kappa shape index (κ2) is 7.38. The Balaban J connectivity index is 1.64. The highest BCUT2D eigenvalue weighted by molar-refractivity contribution is 5.95. The molecule has 0 radical (unpaired) electrons. The first-order chi connectivity index (χ1) is 12.0. The zero-order chi connectivity index (χ0) is 17.8. The number of hydrogen-bond acceptors (Lipinski definition) is 2. The molecule has 2 N–H and O–H groups in total. The van der Waals surface area contributed by atoms with E-state index < -0.39 is 0 Å². The summed E-state index contributed by atoms with van der Waals surface area (Å²) in [6.07, 6.45) is 1.51. The van der Waals surface area contributed by atoms with Crippen LogP contribution >= 0.6 is 0 Å².